The summed E-state index contributed by atoms with van der Waals surface area (Å²) in [6, 6.07) is 5.79. The number of hydrogen-bond donors (Lipinski definition) is 0. The SMILES string of the molecule is COSc1cc(OC(C)(C)C)ccc1OC(C)(C)C. The van der Waals surface area contributed by atoms with Gasteiger partial charge in [-0.3, -0.25) is 0 Å². The minimum absolute atomic E-state index is 0.221. The summed E-state index contributed by atoms with van der Waals surface area (Å²) < 4.78 is 16.9. The Bertz CT molecular complexity index is 416. The number of rotatable bonds is 4. The summed E-state index contributed by atoms with van der Waals surface area (Å²) >= 11 is 1.28. The summed E-state index contributed by atoms with van der Waals surface area (Å²) in [6.45, 7) is 12.1. The Hall–Kier alpha value is -0.870. The molecule has 1 rings (SSSR count). The van der Waals surface area contributed by atoms with Gasteiger partial charge in [0.1, 0.15) is 22.7 Å². The van der Waals surface area contributed by atoms with Gasteiger partial charge in [0.25, 0.3) is 0 Å². The molecular weight excluding hydrogens is 260 g/mol. The van der Waals surface area contributed by atoms with Gasteiger partial charge in [0.15, 0.2) is 0 Å². The fraction of sp³-hybridized carbons (Fsp3) is 0.600. The predicted molar refractivity (Wildman–Crippen MR) is 80.1 cm³/mol. The van der Waals surface area contributed by atoms with E-state index in [9.17, 15) is 0 Å². The van der Waals surface area contributed by atoms with E-state index in [1.54, 1.807) is 7.11 Å². The molecule has 0 N–H and O–H groups in total. The van der Waals surface area contributed by atoms with E-state index in [-0.39, 0.29) is 11.2 Å². The molecule has 3 nitrogen and oxygen atoms in total. The topological polar surface area (TPSA) is 27.7 Å². The Labute approximate surface area is 120 Å². The van der Waals surface area contributed by atoms with Crippen LogP contribution in [-0.4, -0.2) is 18.3 Å². The molecule has 108 valence electrons. The lowest BCUT2D eigenvalue weighted by molar-refractivity contribution is 0.121. The molecule has 1 aromatic carbocycles. The first-order valence-electron chi connectivity index (χ1n) is 6.33. The fourth-order valence-electron chi connectivity index (χ4n) is 1.47. The lowest BCUT2D eigenvalue weighted by Gasteiger charge is -2.25. The van der Waals surface area contributed by atoms with Gasteiger partial charge < -0.3 is 13.7 Å². The molecule has 0 aliphatic carbocycles. The molecule has 0 bridgehead atoms. The molecule has 1 aromatic rings. The van der Waals surface area contributed by atoms with Crippen LogP contribution in [0.4, 0.5) is 0 Å². The Morgan fingerprint density at radius 1 is 0.895 bits per heavy atom. The van der Waals surface area contributed by atoms with Crippen LogP contribution in [0.5, 0.6) is 11.5 Å². The zero-order valence-corrected chi connectivity index (χ0v) is 13.7. The molecule has 0 radical (unpaired) electrons. The van der Waals surface area contributed by atoms with E-state index in [0.717, 1.165) is 16.4 Å². The lowest BCUT2D eigenvalue weighted by Crippen LogP contribution is -2.24. The highest BCUT2D eigenvalue weighted by atomic mass is 32.2. The Kier molecular flexibility index (Phi) is 5.16. The normalized spacial score (nSPS) is 12.4. The van der Waals surface area contributed by atoms with Crippen LogP contribution < -0.4 is 9.47 Å². The van der Waals surface area contributed by atoms with Crippen molar-refractivity contribution in [1.29, 1.82) is 0 Å². The number of benzene rings is 1. The highest BCUT2D eigenvalue weighted by Crippen LogP contribution is 2.35. The van der Waals surface area contributed by atoms with E-state index in [4.69, 9.17) is 13.7 Å². The van der Waals surface area contributed by atoms with Crippen LogP contribution in [0, 0.1) is 0 Å². The largest absolute Gasteiger partial charge is 0.488 e. The van der Waals surface area contributed by atoms with Gasteiger partial charge in [-0.1, -0.05) is 0 Å². The summed E-state index contributed by atoms with van der Waals surface area (Å²) in [5.74, 6) is 1.62. The van der Waals surface area contributed by atoms with Gasteiger partial charge in [-0.05, 0) is 59.7 Å². The smallest absolute Gasteiger partial charge is 0.136 e. The zero-order valence-electron chi connectivity index (χ0n) is 12.9. The van der Waals surface area contributed by atoms with Crippen molar-refractivity contribution in [3.8, 4) is 11.5 Å². The second-order valence-electron chi connectivity index (χ2n) is 6.29. The molecule has 0 atom stereocenters. The molecule has 0 saturated carbocycles. The van der Waals surface area contributed by atoms with Gasteiger partial charge in [0.2, 0.25) is 0 Å². The van der Waals surface area contributed by atoms with Crippen molar-refractivity contribution in [1.82, 2.24) is 0 Å². The van der Waals surface area contributed by atoms with Crippen LogP contribution >= 0.6 is 12.0 Å². The van der Waals surface area contributed by atoms with E-state index in [1.165, 1.54) is 12.0 Å². The van der Waals surface area contributed by atoms with Crippen molar-refractivity contribution in [2.45, 2.75) is 57.6 Å². The van der Waals surface area contributed by atoms with Crippen molar-refractivity contribution in [2.24, 2.45) is 0 Å². The van der Waals surface area contributed by atoms with E-state index in [1.807, 2.05) is 59.7 Å². The molecule has 0 fully saturated rings. The molecule has 19 heavy (non-hydrogen) atoms. The van der Waals surface area contributed by atoms with Crippen molar-refractivity contribution in [3.05, 3.63) is 18.2 Å². The van der Waals surface area contributed by atoms with Crippen LogP contribution in [-0.2, 0) is 4.18 Å². The molecule has 0 unspecified atom stereocenters. The summed E-state index contributed by atoms with van der Waals surface area (Å²) in [6.07, 6.45) is 0. The van der Waals surface area contributed by atoms with E-state index >= 15 is 0 Å². The monoisotopic (exact) mass is 284 g/mol. The van der Waals surface area contributed by atoms with Gasteiger partial charge in [-0.25, -0.2) is 0 Å². The van der Waals surface area contributed by atoms with Gasteiger partial charge in [0.05, 0.1) is 12.0 Å². The van der Waals surface area contributed by atoms with Gasteiger partial charge in [0, 0.05) is 12.0 Å². The average Bonchev–Trinajstić information content (AvgIpc) is 2.18. The second-order valence-corrected chi connectivity index (χ2v) is 7.23. The molecule has 4 heteroatoms. The molecule has 0 aliphatic rings. The minimum Gasteiger partial charge on any atom is -0.488 e. The van der Waals surface area contributed by atoms with Gasteiger partial charge in [-0.2, -0.15) is 0 Å². The summed E-state index contributed by atoms with van der Waals surface area (Å²) in [5, 5.41) is 0. The maximum Gasteiger partial charge on any atom is 0.136 e. The first-order valence-corrected chi connectivity index (χ1v) is 7.08. The van der Waals surface area contributed by atoms with Crippen LogP contribution in [0.15, 0.2) is 23.1 Å². The minimum atomic E-state index is -0.241. The highest BCUT2D eigenvalue weighted by Gasteiger charge is 2.18. The molecule has 0 amide bonds. The van der Waals surface area contributed by atoms with Gasteiger partial charge >= 0.3 is 0 Å². The van der Waals surface area contributed by atoms with Crippen LogP contribution in [0.25, 0.3) is 0 Å². The van der Waals surface area contributed by atoms with E-state index < -0.39 is 0 Å². The third kappa shape index (κ3) is 6.21. The quantitative estimate of drug-likeness (QED) is 0.749. The van der Waals surface area contributed by atoms with Crippen molar-refractivity contribution < 1.29 is 13.7 Å². The lowest BCUT2D eigenvalue weighted by atomic mass is 10.2. The van der Waals surface area contributed by atoms with Crippen LogP contribution in [0.2, 0.25) is 0 Å². The molecule has 0 aliphatic heterocycles. The first kappa shape index (κ1) is 16.2. The highest BCUT2D eigenvalue weighted by molar-refractivity contribution is 7.94. The third-order valence-electron chi connectivity index (χ3n) is 1.93. The summed E-state index contributed by atoms with van der Waals surface area (Å²) in [7, 11) is 1.64. The molecular formula is C15H24O3S. The van der Waals surface area contributed by atoms with E-state index in [0.29, 0.717) is 0 Å². The Morgan fingerprint density at radius 3 is 1.95 bits per heavy atom. The molecule has 0 aromatic heterocycles. The molecule has 0 spiro atoms. The maximum absolute atomic E-state index is 5.91. The predicted octanol–water partition coefficient (Wildman–Crippen LogP) is 4.69. The molecule has 0 saturated heterocycles. The zero-order chi connectivity index (χ0) is 14.7. The standard InChI is InChI=1S/C15H24O3S/c1-14(2,3)17-11-8-9-12(18-15(4,5)6)13(10-11)19-16-7/h8-10H,1-7H3. The van der Waals surface area contributed by atoms with Crippen molar-refractivity contribution in [2.75, 3.05) is 7.11 Å². The van der Waals surface area contributed by atoms with Crippen LogP contribution in [0.1, 0.15) is 41.5 Å². The maximum atomic E-state index is 5.91. The van der Waals surface area contributed by atoms with Crippen LogP contribution in [0.3, 0.4) is 0 Å². The Balaban J connectivity index is 3.00. The van der Waals surface area contributed by atoms with E-state index in [2.05, 4.69) is 0 Å². The number of hydrogen-bond acceptors (Lipinski definition) is 4. The van der Waals surface area contributed by atoms with Crippen molar-refractivity contribution >= 4 is 12.0 Å². The summed E-state index contributed by atoms with van der Waals surface area (Å²) in [4.78, 5) is 0.916. The summed E-state index contributed by atoms with van der Waals surface area (Å²) in [5.41, 5.74) is -0.461. The van der Waals surface area contributed by atoms with Gasteiger partial charge in [-0.15, -0.1) is 0 Å². The third-order valence-corrected chi connectivity index (χ3v) is 2.59. The average molecular weight is 284 g/mol. The molecule has 0 heterocycles. The Morgan fingerprint density at radius 2 is 1.47 bits per heavy atom. The fourth-order valence-corrected chi connectivity index (χ4v) is 2.01. The van der Waals surface area contributed by atoms with Crippen molar-refractivity contribution in [3.63, 3.8) is 0 Å². The second kappa shape index (κ2) is 6.06. The number of ether oxygens (including phenoxy) is 2. The first-order chi connectivity index (χ1) is 8.61.